The first-order valence-corrected chi connectivity index (χ1v) is 23.0. The van der Waals surface area contributed by atoms with Crippen LogP contribution in [0.15, 0.2) is 0 Å². The van der Waals surface area contributed by atoms with E-state index in [2.05, 4.69) is 16.7 Å². The zero-order valence-electron chi connectivity index (χ0n) is 31.9. The summed E-state index contributed by atoms with van der Waals surface area (Å²) in [6.45, 7) is -4.99. The molecule has 0 aliphatic carbocycles. The number of rotatable bonds is 20. The van der Waals surface area contributed by atoms with E-state index in [1.165, 1.54) is 0 Å². The molecule has 0 spiro atoms. The SMILES string of the molecule is COC1OC(COS(=O)(=O)O)C(OC2OC(COS(=O)(=O)O)C(OC3OC(COS(=O)(=O)O)C(OC4OC(COS(=O)(=O)O)C(OC)C(O)C4O)C(O)C3O)C(O)C2O)C(O)C1O. The molecule has 0 amide bonds. The van der Waals surface area contributed by atoms with Crippen molar-refractivity contribution in [3.8, 4) is 0 Å². The fourth-order valence-electron chi connectivity index (χ4n) is 6.56. The van der Waals surface area contributed by atoms with Gasteiger partial charge in [-0.2, -0.15) is 33.7 Å². The minimum Gasteiger partial charge on any atom is -0.387 e. The molecule has 4 aliphatic rings. The lowest BCUT2D eigenvalue weighted by Crippen LogP contribution is -2.67. The number of ether oxygens (including phenoxy) is 9. The molecule has 63 heavy (non-hydrogen) atoms. The van der Waals surface area contributed by atoms with Gasteiger partial charge in [0.2, 0.25) is 0 Å². The smallest absolute Gasteiger partial charge is 0.387 e. The fourth-order valence-corrected chi connectivity index (χ4v) is 7.79. The normalized spacial score (nSPS) is 42.3. The van der Waals surface area contributed by atoms with Crippen molar-refractivity contribution in [3.05, 3.63) is 0 Å². The van der Waals surface area contributed by atoms with Crippen molar-refractivity contribution in [1.29, 1.82) is 0 Å². The lowest BCUT2D eigenvalue weighted by Gasteiger charge is -2.49. The van der Waals surface area contributed by atoms with E-state index in [1.54, 1.807) is 0 Å². The first kappa shape index (κ1) is 54.4. The third-order valence-electron chi connectivity index (χ3n) is 9.47. The first-order chi connectivity index (χ1) is 28.9. The van der Waals surface area contributed by atoms with Crippen molar-refractivity contribution in [2.75, 3.05) is 40.6 Å². The molecule has 372 valence electrons. The summed E-state index contributed by atoms with van der Waals surface area (Å²) < 4.78 is 193. The maximum atomic E-state index is 11.5. The van der Waals surface area contributed by atoms with Crippen LogP contribution in [0.25, 0.3) is 0 Å². The van der Waals surface area contributed by atoms with Crippen LogP contribution in [0.1, 0.15) is 0 Å². The second-order valence-electron chi connectivity index (χ2n) is 13.7. The van der Waals surface area contributed by atoms with Crippen molar-refractivity contribution in [2.24, 2.45) is 0 Å². The Kier molecular flexibility index (Phi) is 18.9. The molecule has 0 radical (unpaired) electrons. The summed E-state index contributed by atoms with van der Waals surface area (Å²) in [6.07, 6.45) is -42.3. The highest BCUT2D eigenvalue weighted by Gasteiger charge is 2.56. The highest BCUT2D eigenvalue weighted by Crippen LogP contribution is 2.35. The maximum absolute atomic E-state index is 11.5. The third kappa shape index (κ3) is 14.9. The van der Waals surface area contributed by atoms with Gasteiger partial charge in [-0.25, -0.2) is 16.7 Å². The van der Waals surface area contributed by atoms with E-state index >= 15 is 0 Å². The molecule has 4 saturated heterocycles. The predicted molar refractivity (Wildman–Crippen MR) is 185 cm³/mol. The summed E-state index contributed by atoms with van der Waals surface area (Å²) in [4.78, 5) is 0. The lowest BCUT2D eigenvalue weighted by molar-refractivity contribution is -0.387. The fraction of sp³-hybridized carbons (Fsp3) is 1.00. The molecule has 0 aromatic heterocycles. The molecule has 4 fully saturated rings. The minimum atomic E-state index is -5.38. The third-order valence-corrected chi connectivity index (χ3v) is 11.2. The Balaban J connectivity index is 1.61. The van der Waals surface area contributed by atoms with Gasteiger partial charge in [0.05, 0.1) is 26.4 Å². The van der Waals surface area contributed by atoms with Gasteiger partial charge in [0.15, 0.2) is 25.2 Å². The van der Waals surface area contributed by atoms with Gasteiger partial charge >= 0.3 is 41.6 Å². The van der Waals surface area contributed by atoms with E-state index in [-0.39, 0.29) is 0 Å². The van der Waals surface area contributed by atoms with Gasteiger partial charge in [0, 0.05) is 14.2 Å². The van der Waals surface area contributed by atoms with E-state index < -0.39 is 191 Å². The number of methoxy groups -OCH3 is 2. The molecule has 0 aromatic carbocycles. The highest BCUT2D eigenvalue weighted by atomic mass is 32.3. The highest BCUT2D eigenvalue weighted by molar-refractivity contribution is 7.81. The monoisotopic (exact) mass is 1010 g/mol. The van der Waals surface area contributed by atoms with E-state index in [0.717, 1.165) is 14.2 Å². The van der Waals surface area contributed by atoms with Crippen LogP contribution >= 0.6 is 0 Å². The Morgan fingerprint density at radius 1 is 0.349 bits per heavy atom. The van der Waals surface area contributed by atoms with Crippen LogP contribution in [0, 0.1) is 0 Å². The van der Waals surface area contributed by atoms with Gasteiger partial charge in [-0.05, 0) is 0 Å². The van der Waals surface area contributed by atoms with Crippen LogP contribution in [-0.2, 0) is 101 Å². The van der Waals surface area contributed by atoms with Crippen LogP contribution in [0.4, 0.5) is 0 Å². The van der Waals surface area contributed by atoms with E-state index in [9.17, 15) is 83.6 Å². The average Bonchev–Trinajstić information content (AvgIpc) is 3.17. The summed E-state index contributed by atoms with van der Waals surface area (Å²) in [5.41, 5.74) is 0. The van der Waals surface area contributed by atoms with Crippen molar-refractivity contribution < 1.29 is 152 Å². The maximum Gasteiger partial charge on any atom is 0.397 e. The quantitative estimate of drug-likeness (QED) is 0.0504. The van der Waals surface area contributed by atoms with Crippen LogP contribution in [0.3, 0.4) is 0 Å². The summed E-state index contributed by atoms with van der Waals surface area (Å²) in [6, 6.07) is 0. The molecule has 4 rings (SSSR count). The standard InChI is InChI=1S/C26H46O33S4/c1-47-19-7(3-49-60(35,36)37)54-24(16(32)11(19)27)58-21-9(5-51-62(41,42)43)56-26(18(34)13(21)29)59-22-10(6-52-63(44,45)46)55-25(17(33)14(22)30)57-20-8(4-50-61(38,39)40)53-23(48-2)15(31)12(20)28/h7-34H,3-6H2,1-2H3,(H,35,36,37)(H,38,39,40)(H,41,42,43)(H,44,45,46). The molecule has 20 unspecified atom stereocenters. The van der Waals surface area contributed by atoms with Crippen molar-refractivity contribution >= 4 is 41.6 Å². The number of hydrogen-bond donors (Lipinski definition) is 12. The molecule has 4 heterocycles. The van der Waals surface area contributed by atoms with Crippen LogP contribution in [-0.4, -0.2) is 256 Å². The molecule has 0 bridgehead atoms. The van der Waals surface area contributed by atoms with Gasteiger partial charge in [-0.15, -0.1) is 0 Å². The Bertz CT molecular complexity index is 1920. The predicted octanol–water partition coefficient (Wildman–Crippen LogP) is -9.13. The van der Waals surface area contributed by atoms with Gasteiger partial charge in [-0.3, -0.25) is 18.2 Å². The average molecular weight is 1010 g/mol. The van der Waals surface area contributed by atoms with Crippen LogP contribution < -0.4 is 0 Å². The summed E-state index contributed by atoms with van der Waals surface area (Å²) in [5, 5.41) is 87.3. The largest absolute Gasteiger partial charge is 0.397 e. The van der Waals surface area contributed by atoms with Gasteiger partial charge in [0.1, 0.15) is 97.7 Å². The Morgan fingerprint density at radius 2 is 0.571 bits per heavy atom. The summed E-state index contributed by atoms with van der Waals surface area (Å²) in [7, 11) is -19.1. The lowest BCUT2D eigenvalue weighted by atomic mass is 9.95. The molecule has 4 aliphatic heterocycles. The molecule has 20 atom stereocenters. The second kappa shape index (κ2) is 21.8. The van der Waals surface area contributed by atoms with Crippen molar-refractivity contribution in [1.82, 2.24) is 0 Å². The molecular formula is C26H46O33S4. The topological polar surface area (TPSA) is 499 Å². The Hall–Kier alpha value is -1.20. The van der Waals surface area contributed by atoms with Crippen molar-refractivity contribution in [2.45, 2.75) is 123 Å². The number of aliphatic hydroxyl groups is 8. The molecule has 12 N–H and O–H groups in total. The zero-order valence-corrected chi connectivity index (χ0v) is 35.2. The van der Waals surface area contributed by atoms with Crippen LogP contribution in [0.2, 0.25) is 0 Å². The van der Waals surface area contributed by atoms with Gasteiger partial charge in [-0.1, -0.05) is 0 Å². The minimum absolute atomic E-state index is 0.990. The van der Waals surface area contributed by atoms with E-state index in [0.29, 0.717) is 0 Å². The zero-order chi connectivity index (χ0) is 47.6. The first-order valence-electron chi connectivity index (χ1n) is 17.5. The van der Waals surface area contributed by atoms with Crippen molar-refractivity contribution in [3.63, 3.8) is 0 Å². The second-order valence-corrected chi connectivity index (χ2v) is 18.0. The van der Waals surface area contributed by atoms with E-state index in [4.69, 9.17) is 51.7 Å². The molecule has 33 nitrogen and oxygen atoms in total. The summed E-state index contributed by atoms with van der Waals surface area (Å²) >= 11 is 0. The molecule has 0 saturated carbocycles. The molecule has 37 heteroatoms. The van der Waals surface area contributed by atoms with Gasteiger partial charge < -0.3 is 83.5 Å². The molecular weight excluding hydrogens is 969 g/mol. The van der Waals surface area contributed by atoms with Crippen LogP contribution in [0.5, 0.6) is 0 Å². The molecule has 0 aromatic rings. The Labute approximate surface area is 356 Å². The summed E-state index contributed by atoms with van der Waals surface area (Å²) in [5.74, 6) is 0. The number of aliphatic hydroxyl groups excluding tert-OH is 8. The van der Waals surface area contributed by atoms with E-state index in [1.807, 2.05) is 0 Å². The van der Waals surface area contributed by atoms with Gasteiger partial charge in [0.25, 0.3) is 0 Å². The number of hydrogen-bond acceptors (Lipinski definition) is 29. The Morgan fingerprint density at radius 3 is 0.810 bits per heavy atom.